The second kappa shape index (κ2) is 5.45. The summed E-state index contributed by atoms with van der Waals surface area (Å²) in [4.78, 5) is 0. The van der Waals surface area contributed by atoms with Crippen molar-refractivity contribution in [1.82, 2.24) is 5.48 Å². The van der Waals surface area contributed by atoms with Gasteiger partial charge in [0.2, 0.25) is 0 Å². The van der Waals surface area contributed by atoms with E-state index < -0.39 is 0 Å². The van der Waals surface area contributed by atoms with Crippen LogP contribution in [0.4, 0.5) is 0 Å². The lowest BCUT2D eigenvalue weighted by molar-refractivity contribution is 0.126. The van der Waals surface area contributed by atoms with Gasteiger partial charge >= 0.3 is 0 Å². The van der Waals surface area contributed by atoms with Crippen molar-refractivity contribution in [2.75, 3.05) is 0 Å². The molecule has 0 aliphatic rings. The van der Waals surface area contributed by atoms with E-state index in [-0.39, 0.29) is 6.04 Å². The van der Waals surface area contributed by atoms with Gasteiger partial charge in [0, 0.05) is 0 Å². The van der Waals surface area contributed by atoms with Gasteiger partial charge in [0.1, 0.15) is 0 Å². The summed E-state index contributed by atoms with van der Waals surface area (Å²) in [6.45, 7) is 0. The Morgan fingerprint density at radius 2 is 1.44 bits per heavy atom. The maximum Gasteiger partial charge on any atom is 0.0609 e. The molecule has 2 heteroatoms. The van der Waals surface area contributed by atoms with Gasteiger partial charge in [-0.05, 0) is 17.5 Å². The van der Waals surface area contributed by atoms with E-state index in [4.69, 9.17) is 0 Å². The minimum atomic E-state index is -0.0522. The highest BCUT2D eigenvalue weighted by Crippen LogP contribution is 2.17. The average Bonchev–Trinajstić information content (AvgIpc) is 2.38. The standard InChI is InChI=1S/C14H15NO/c16-15-14(13-9-5-2-6-10-13)11-12-7-3-1-4-8-12/h1-10,14-16H,11H2/t14-/m1/s1. The molecule has 0 radical (unpaired) electrons. The van der Waals surface area contributed by atoms with E-state index in [1.54, 1.807) is 0 Å². The maximum atomic E-state index is 9.19. The molecule has 0 spiro atoms. The van der Waals surface area contributed by atoms with E-state index >= 15 is 0 Å². The molecule has 2 aromatic rings. The minimum Gasteiger partial charge on any atom is -0.316 e. The van der Waals surface area contributed by atoms with Crippen LogP contribution in [-0.2, 0) is 6.42 Å². The van der Waals surface area contributed by atoms with Crippen molar-refractivity contribution in [2.45, 2.75) is 12.5 Å². The molecule has 2 N–H and O–H groups in total. The summed E-state index contributed by atoms with van der Waals surface area (Å²) in [5.74, 6) is 0. The van der Waals surface area contributed by atoms with Crippen molar-refractivity contribution in [1.29, 1.82) is 0 Å². The van der Waals surface area contributed by atoms with Crippen molar-refractivity contribution < 1.29 is 5.21 Å². The molecule has 0 aliphatic heterocycles. The van der Waals surface area contributed by atoms with E-state index in [9.17, 15) is 5.21 Å². The fourth-order valence-corrected chi connectivity index (χ4v) is 1.77. The highest BCUT2D eigenvalue weighted by atomic mass is 16.5. The summed E-state index contributed by atoms with van der Waals surface area (Å²) in [6.07, 6.45) is 0.779. The lowest BCUT2D eigenvalue weighted by Crippen LogP contribution is -2.19. The van der Waals surface area contributed by atoms with Crippen LogP contribution in [0, 0.1) is 0 Å². The Kier molecular flexibility index (Phi) is 3.70. The van der Waals surface area contributed by atoms with Crippen molar-refractivity contribution in [3.63, 3.8) is 0 Å². The maximum absolute atomic E-state index is 9.19. The summed E-state index contributed by atoms with van der Waals surface area (Å²) < 4.78 is 0. The van der Waals surface area contributed by atoms with Crippen molar-refractivity contribution in [2.24, 2.45) is 0 Å². The predicted molar refractivity (Wildman–Crippen MR) is 64.3 cm³/mol. The normalized spacial score (nSPS) is 12.3. The van der Waals surface area contributed by atoms with Gasteiger partial charge in [0.05, 0.1) is 6.04 Å². The van der Waals surface area contributed by atoms with Gasteiger partial charge < -0.3 is 5.21 Å². The van der Waals surface area contributed by atoms with Crippen LogP contribution in [-0.4, -0.2) is 5.21 Å². The largest absolute Gasteiger partial charge is 0.316 e. The SMILES string of the molecule is ON[C@H](Cc1ccccc1)c1ccccc1. The number of hydrogen-bond donors (Lipinski definition) is 2. The van der Waals surface area contributed by atoms with E-state index in [1.807, 2.05) is 48.5 Å². The molecule has 2 aromatic carbocycles. The molecule has 0 saturated heterocycles. The Bertz CT molecular complexity index is 413. The van der Waals surface area contributed by atoms with Crippen LogP contribution in [0.15, 0.2) is 60.7 Å². The highest BCUT2D eigenvalue weighted by molar-refractivity contribution is 5.23. The molecule has 0 aliphatic carbocycles. The minimum absolute atomic E-state index is 0.0522. The zero-order chi connectivity index (χ0) is 11.2. The van der Waals surface area contributed by atoms with Gasteiger partial charge in [-0.25, -0.2) is 0 Å². The fourth-order valence-electron chi connectivity index (χ4n) is 1.77. The van der Waals surface area contributed by atoms with Crippen LogP contribution in [0.1, 0.15) is 17.2 Å². The van der Waals surface area contributed by atoms with E-state index in [0.29, 0.717) is 0 Å². The second-order valence-electron chi connectivity index (χ2n) is 3.78. The summed E-state index contributed by atoms with van der Waals surface area (Å²) in [5, 5.41) is 9.19. The Labute approximate surface area is 95.5 Å². The third-order valence-electron chi connectivity index (χ3n) is 2.64. The first-order valence-corrected chi connectivity index (χ1v) is 5.38. The molecule has 0 unspecified atom stereocenters. The Morgan fingerprint density at radius 1 is 0.875 bits per heavy atom. The monoisotopic (exact) mass is 213 g/mol. The number of benzene rings is 2. The van der Waals surface area contributed by atoms with Gasteiger partial charge in [0.25, 0.3) is 0 Å². The number of rotatable bonds is 4. The van der Waals surface area contributed by atoms with Crippen LogP contribution in [0.3, 0.4) is 0 Å². The van der Waals surface area contributed by atoms with Gasteiger partial charge in [-0.3, -0.25) is 0 Å². The molecule has 0 fully saturated rings. The number of nitrogens with one attached hydrogen (secondary N) is 1. The van der Waals surface area contributed by atoms with Crippen molar-refractivity contribution in [3.05, 3.63) is 71.8 Å². The molecule has 2 rings (SSSR count). The third-order valence-corrected chi connectivity index (χ3v) is 2.64. The lowest BCUT2D eigenvalue weighted by atomic mass is 10.00. The average molecular weight is 213 g/mol. The van der Waals surface area contributed by atoms with Crippen LogP contribution in [0.2, 0.25) is 0 Å². The predicted octanol–water partition coefficient (Wildman–Crippen LogP) is 2.95. The molecule has 82 valence electrons. The molecule has 2 nitrogen and oxygen atoms in total. The van der Waals surface area contributed by atoms with Crippen LogP contribution in [0.25, 0.3) is 0 Å². The molecule has 1 atom stereocenters. The van der Waals surface area contributed by atoms with E-state index in [2.05, 4.69) is 17.6 Å². The van der Waals surface area contributed by atoms with Gasteiger partial charge in [-0.1, -0.05) is 60.7 Å². The quantitative estimate of drug-likeness (QED) is 0.765. The summed E-state index contributed by atoms with van der Waals surface area (Å²) in [5.41, 5.74) is 4.66. The second-order valence-corrected chi connectivity index (χ2v) is 3.78. The first kappa shape index (κ1) is 10.9. The Morgan fingerprint density at radius 3 is 2.00 bits per heavy atom. The number of hydroxylamine groups is 1. The van der Waals surface area contributed by atoms with Gasteiger partial charge in [-0.15, -0.1) is 0 Å². The molecule has 0 bridgehead atoms. The molecule has 0 heterocycles. The fraction of sp³-hybridized carbons (Fsp3) is 0.143. The first-order valence-electron chi connectivity index (χ1n) is 5.38. The molecule has 0 saturated carbocycles. The summed E-state index contributed by atoms with van der Waals surface area (Å²) in [6, 6.07) is 20.0. The lowest BCUT2D eigenvalue weighted by Gasteiger charge is -2.15. The highest BCUT2D eigenvalue weighted by Gasteiger charge is 2.09. The van der Waals surface area contributed by atoms with Gasteiger partial charge in [0.15, 0.2) is 0 Å². The van der Waals surface area contributed by atoms with Crippen LogP contribution in [0.5, 0.6) is 0 Å². The zero-order valence-electron chi connectivity index (χ0n) is 9.01. The topological polar surface area (TPSA) is 32.3 Å². The Hall–Kier alpha value is -1.64. The molecular formula is C14H15NO. The zero-order valence-corrected chi connectivity index (χ0v) is 9.01. The van der Waals surface area contributed by atoms with E-state index in [0.717, 1.165) is 12.0 Å². The van der Waals surface area contributed by atoms with Crippen LogP contribution < -0.4 is 5.48 Å². The first-order chi connectivity index (χ1) is 7.90. The molecule has 16 heavy (non-hydrogen) atoms. The van der Waals surface area contributed by atoms with E-state index in [1.165, 1.54) is 5.56 Å². The smallest absolute Gasteiger partial charge is 0.0609 e. The molecule has 0 aromatic heterocycles. The Balaban J connectivity index is 2.13. The summed E-state index contributed by atoms with van der Waals surface area (Å²) in [7, 11) is 0. The van der Waals surface area contributed by atoms with Crippen molar-refractivity contribution in [3.8, 4) is 0 Å². The third kappa shape index (κ3) is 2.69. The molecule has 0 amide bonds. The van der Waals surface area contributed by atoms with Crippen molar-refractivity contribution >= 4 is 0 Å². The molecular weight excluding hydrogens is 198 g/mol. The summed E-state index contributed by atoms with van der Waals surface area (Å²) >= 11 is 0. The van der Waals surface area contributed by atoms with Crippen LogP contribution >= 0.6 is 0 Å². The van der Waals surface area contributed by atoms with Gasteiger partial charge in [-0.2, -0.15) is 5.48 Å². The number of hydrogen-bond acceptors (Lipinski definition) is 2.